The number of hydrogen-bond acceptors (Lipinski definition) is 5. The van der Waals surface area contributed by atoms with Crippen molar-refractivity contribution in [2.75, 3.05) is 26.9 Å². The van der Waals surface area contributed by atoms with Crippen LogP contribution in [0.25, 0.3) is 0 Å². The zero-order valence-electron chi connectivity index (χ0n) is 20.2. The second-order valence-corrected chi connectivity index (χ2v) is 8.17. The smallest absolute Gasteiger partial charge is 0.355 e. The van der Waals surface area contributed by atoms with E-state index in [9.17, 15) is 14.4 Å². The van der Waals surface area contributed by atoms with Crippen molar-refractivity contribution in [2.45, 2.75) is 53.6 Å². The van der Waals surface area contributed by atoms with Gasteiger partial charge in [0.15, 0.2) is 5.78 Å². The Labute approximate surface area is 200 Å². The topological polar surface area (TPSA) is 77.8 Å². The molecule has 2 aromatic rings. The standard InChI is InChI=1S/C25H33ClN2O5/c1-7-27-17(4)21(16(3)22(27)25(31)33-8-2)23(29)18(5)28(14-11-15-32-6)24(30)19-12-9-10-13-20(19)26/h9-10,12-13,18H,7-8,11,14-15H2,1-6H3. The van der Waals surface area contributed by atoms with Gasteiger partial charge in [0.2, 0.25) is 0 Å². The lowest BCUT2D eigenvalue weighted by atomic mass is 9.99. The number of carbonyl (C=O) groups excluding carboxylic acids is 3. The third kappa shape index (κ3) is 5.65. The summed E-state index contributed by atoms with van der Waals surface area (Å²) in [6, 6.07) is 6.01. The van der Waals surface area contributed by atoms with Crippen molar-refractivity contribution in [3.05, 3.63) is 57.4 Å². The lowest BCUT2D eigenvalue weighted by Gasteiger charge is -2.29. The number of rotatable bonds is 11. The van der Waals surface area contributed by atoms with Gasteiger partial charge in [0, 0.05) is 38.1 Å². The van der Waals surface area contributed by atoms with Crippen molar-refractivity contribution in [1.29, 1.82) is 0 Å². The van der Waals surface area contributed by atoms with Crippen LogP contribution in [0.4, 0.5) is 0 Å². The maximum atomic E-state index is 13.7. The minimum atomic E-state index is -0.772. The molecule has 0 saturated carbocycles. The highest BCUT2D eigenvalue weighted by atomic mass is 35.5. The molecule has 0 bridgehead atoms. The average Bonchev–Trinajstić information content (AvgIpc) is 3.05. The summed E-state index contributed by atoms with van der Waals surface area (Å²) in [6.07, 6.45) is 0.562. The zero-order valence-corrected chi connectivity index (χ0v) is 21.0. The van der Waals surface area contributed by atoms with Crippen LogP contribution in [0.3, 0.4) is 0 Å². The van der Waals surface area contributed by atoms with Crippen molar-refractivity contribution in [3.8, 4) is 0 Å². The molecule has 1 heterocycles. The Morgan fingerprint density at radius 2 is 1.82 bits per heavy atom. The Balaban J connectivity index is 2.49. The fourth-order valence-electron chi connectivity index (χ4n) is 4.11. The van der Waals surface area contributed by atoms with E-state index in [1.807, 2.05) is 13.8 Å². The number of aromatic nitrogens is 1. The van der Waals surface area contributed by atoms with Gasteiger partial charge in [0.1, 0.15) is 5.69 Å². The highest BCUT2D eigenvalue weighted by Gasteiger charge is 2.33. The molecule has 2 rings (SSSR count). The molecule has 0 aliphatic carbocycles. The monoisotopic (exact) mass is 476 g/mol. The quantitative estimate of drug-likeness (QED) is 0.267. The van der Waals surface area contributed by atoms with Gasteiger partial charge in [-0.2, -0.15) is 0 Å². The van der Waals surface area contributed by atoms with E-state index in [1.165, 1.54) is 4.90 Å². The van der Waals surface area contributed by atoms with Crippen LogP contribution in [0, 0.1) is 13.8 Å². The van der Waals surface area contributed by atoms with E-state index in [-0.39, 0.29) is 18.3 Å². The van der Waals surface area contributed by atoms with Crippen LogP contribution >= 0.6 is 11.6 Å². The number of amides is 1. The normalized spacial score (nSPS) is 11.8. The van der Waals surface area contributed by atoms with Gasteiger partial charge in [-0.15, -0.1) is 0 Å². The van der Waals surface area contributed by atoms with E-state index in [0.717, 1.165) is 0 Å². The second-order valence-electron chi connectivity index (χ2n) is 7.76. The number of esters is 1. The molecular formula is C25H33ClN2O5. The van der Waals surface area contributed by atoms with E-state index in [4.69, 9.17) is 21.1 Å². The fourth-order valence-corrected chi connectivity index (χ4v) is 4.32. The van der Waals surface area contributed by atoms with Crippen molar-refractivity contribution in [1.82, 2.24) is 9.47 Å². The minimum Gasteiger partial charge on any atom is -0.461 e. The van der Waals surface area contributed by atoms with Crippen molar-refractivity contribution in [3.63, 3.8) is 0 Å². The highest BCUT2D eigenvalue weighted by Crippen LogP contribution is 2.27. The van der Waals surface area contributed by atoms with Gasteiger partial charge in [-0.05, 0) is 58.7 Å². The molecule has 0 radical (unpaired) electrons. The molecule has 7 nitrogen and oxygen atoms in total. The predicted octanol–water partition coefficient (Wildman–Crippen LogP) is 4.71. The lowest BCUT2D eigenvalue weighted by molar-refractivity contribution is 0.0512. The SMILES string of the molecule is CCOC(=O)c1c(C)c(C(=O)C(C)N(CCCOC)C(=O)c2ccccc2Cl)c(C)n1CC. The highest BCUT2D eigenvalue weighted by molar-refractivity contribution is 6.33. The summed E-state index contributed by atoms with van der Waals surface area (Å²) in [7, 11) is 1.59. The van der Waals surface area contributed by atoms with Crippen LogP contribution in [-0.2, 0) is 16.0 Å². The number of benzene rings is 1. The number of ether oxygens (including phenoxy) is 2. The third-order valence-corrected chi connectivity index (χ3v) is 6.09. The molecule has 1 aromatic carbocycles. The third-order valence-electron chi connectivity index (χ3n) is 5.76. The fraction of sp³-hybridized carbons (Fsp3) is 0.480. The van der Waals surface area contributed by atoms with Gasteiger partial charge < -0.3 is 18.9 Å². The summed E-state index contributed by atoms with van der Waals surface area (Å²) in [6.45, 7) is 10.4. The van der Waals surface area contributed by atoms with Gasteiger partial charge in [-0.25, -0.2) is 4.79 Å². The molecule has 1 aromatic heterocycles. The van der Waals surface area contributed by atoms with Gasteiger partial charge in [-0.3, -0.25) is 9.59 Å². The number of halogens is 1. The molecule has 1 atom stereocenters. The summed E-state index contributed by atoms with van der Waals surface area (Å²) < 4.78 is 12.2. The van der Waals surface area contributed by atoms with Crippen LogP contribution in [0.15, 0.2) is 24.3 Å². The van der Waals surface area contributed by atoms with E-state index in [1.54, 1.807) is 56.7 Å². The molecular weight excluding hydrogens is 444 g/mol. The summed E-state index contributed by atoms with van der Waals surface area (Å²) in [5, 5.41) is 0.327. The maximum absolute atomic E-state index is 13.7. The summed E-state index contributed by atoms with van der Waals surface area (Å²) >= 11 is 6.27. The number of carbonyl (C=O) groups is 3. The molecule has 0 fully saturated rings. The van der Waals surface area contributed by atoms with Gasteiger partial charge in [0.05, 0.1) is 23.2 Å². The molecule has 1 amide bonds. The van der Waals surface area contributed by atoms with Gasteiger partial charge in [-0.1, -0.05) is 23.7 Å². The average molecular weight is 477 g/mol. The first-order valence-electron chi connectivity index (χ1n) is 11.2. The molecule has 0 aliphatic rings. The van der Waals surface area contributed by atoms with Gasteiger partial charge >= 0.3 is 5.97 Å². The second kappa shape index (κ2) is 12.0. The zero-order chi connectivity index (χ0) is 24.7. The summed E-state index contributed by atoms with van der Waals surface area (Å²) in [5.41, 5.74) is 2.39. The minimum absolute atomic E-state index is 0.236. The van der Waals surface area contributed by atoms with E-state index >= 15 is 0 Å². The van der Waals surface area contributed by atoms with Crippen LogP contribution in [0.2, 0.25) is 5.02 Å². The molecule has 8 heteroatoms. The van der Waals surface area contributed by atoms with Crippen molar-refractivity contribution in [2.24, 2.45) is 0 Å². The van der Waals surface area contributed by atoms with Crippen LogP contribution in [0.1, 0.15) is 69.7 Å². The van der Waals surface area contributed by atoms with Crippen molar-refractivity contribution >= 4 is 29.3 Å². The molecule has 0 N–H and O–H groups in total. The van der Waals surface area contributed by atoms with Gasteiger partial charge in [0.25, 0.3) is 5.91 Å². The molecule has 1 unspecified atom stereocenters. The van der Waals surface area contributed by atoms with E-state index < -0.39 is 12.0 Å². The first kappa shape index (κ1) is 26.6. The summed E-state index contributed by atoms with van der Waals surface area (Å²) in [4.78, 5) is 41.2. The predicted molar refractivity (Wildman–Crippen MR) is 128 cm³/mol. The Bertz CT molecular complexity index is 1010. The largest absolute Gasteiger partial charge is 0.461 e. The number of ketones is 1. The first-order chi connectivity index (χ1) is 15.7. The van der Waals surface area contributed by atoms with Crippen LogP contribution in [0.5, 0.6) is 0 Å². The molecule has 33 heavy (non-hydrogen) atoms. The van der Waals surface area contributed by atoms with Crippen LogP contribution < -0.4 is 0 Å². The lowest BCUT2D eigenvalue weighted by Crippen LogP contribution is -2.44. The summed E-state index contributed by atoms with van der Waals surface area (Å²) in [5.74, 6) is -1.02. The number of methoxy groups -OCH3 is 1. The van der Waals surface area contributed by atoms with E-state index in [2.05, 4.69) is 0 Å². The first-order valence-corrected chi connectivity index (χ1v) is 11.5. The Kier molecular flexibility index (Phi) is 9.68. The molecule has 0 saturated heterocycles. The molecule has 180 valence electrons. The van der Waals surface area contributed by atoms with Crippen molar-refractivity contribution < 1.29 is 23.9 Å². The Morgan fingerprint density at radius 1 is 1.15 bits per heavy atom. The van der Waals surface area contributed by atoms with E-state index in [0.29, 0.717) is 59.2 Å². The number of Topliss-reactive ketones (excluding diaryl/α,β-unsaturated/α-hetero) is 1. The Morgan fingerprint density at radius 3 is 2.39 bits per heavy atom. The van der Waals surface area contributed by atoms with Crippen LogP contribution in [-0.4, -0.2) is 60.0 Å². The Hall–Kier alpha value is -2.64. The maximum Gasteiger partial charge on any atom is 0.355 e. The number of hydrogen-bond donors (Lipinski definition) is 0. The molecule has 0 spiro atoms. The number of nitrogens with zero attached hydrogens (tertiary/aromatic N) is 2. The molecule has 0 aliphatic heterocycles.